The van der Waals surface area contributed by atoms with Crippen LogP contribution in [0.4, 0.5) is 0 Å². The summed E-state index contributed by atoms with van der Waals surface area (Å²) in [4.78, 5) is 22.4. The summed E-state index contributed by atoms with van der Waals surface area (Å²) in [5.41, 5.74) is -0.358. The minimum absolute atomic E-state index is 0.000556. The molecule has 0 radical (unpaired) electrons. The van der Waals surface area contributed by atoms with Crippen LogP contribution in [0.5, 0.6) is 0 Å². The Morgan fingerprint density at radius 1 is 0.905 bits per heavy atom. The minimum Gasteiger partial charge on any atom is -0.478 e. The first-order chi connectivity index (χ1) is 9.91. The van der Waals surface area contributed by atoms with Gasteiger partial charge in [0.25, 0.3) is 0 Å². The Kier molecular flexibility index (Phi) is 4.40. The summed E-state index contributed by atoms with van der Waals surface area (Å²) in [6, 6.07) is 9.65. The third-order valence-corrected chi connectivity index (χ3v) is 4.43. The van der Waals surface area contributed by atoms with Gasteiger partial charge in [-0.1, -0.05) is 23.7 Å². The van der Waals surface area contributed by atoms with Crippen molar-refractivity contribution in [1.29, 1.82) is 0 Å². The van der Waals surface area contributed by atoms with Gasteiger partial charge in [0, 0.05) is 5.02 Å². The van der Waals surface area contributed by atoms with Gasteiger partial charge in [-0.2, -0.15) is 0 Å². The maximum absolute atomic E-state index is 12.5. The van der Waals surface area contributed by atoms with E-state index < -0.39 is 22.7 Å². The Labute approximate surface area is 127 Å². The molecule has 21 heavy (non-hydrogen) atoms. The summed E-state index contributed by atoms with van der Waals surface area (Å²) in [5, 5.41) is 18.5. The fourth-order valence-electron chi connectivity index (χ4n) is 1.75. The molecule has 2 N–H and O–H groups in total. The second-order valence-electron chi connectivity index (χ2n) is 4.02. The van der Waals surface area contributed by atoms with Crippen molar-refractivity contribution in [3.8, 4) is 0 Å². The van der Waals surface area contributed by atoms with Crippen LogP contribution < -0.4 is 0 Å². The molecule has 5 nitrogen and oxygen atoms in total. The van der Waals surface area contributed by atoms with Crippen molar-refractivity contribution in [2.45, 2.75) is 9.79 Å². The van der Waals surface area contributed by atoms with Crippen molar-refractivity contribution < 1.29 is 24.0 Å². The molecule has 0 aromatic heterocycles. The van der Waals surface area contributed by atoms with Gasteiger partial charge in [-0.25, -0.2) is 13.8 Å². The number of aromatic carboxylic acids is 2. The van der Waals surface area contributed by atoms with Gasteiger partial charge in [-0.3, -0.25) is 0 Å². The molecule has 2 rings (SSSR count). The molecule has 2 aromatic carbocycles. The summed E-state index contributed by atoms with van der Waals surface area (Å²) in [6.07, 6.45) is 0. The number of halogens is 1. The summed E-state index contributed by atoms with van der Waals surface area (Å²) >= 11 is 5.74. The van der Waals surface area contributed by atoms with Crippen LogP contribution in [0.3, 0.4) is 0 Å². The molecule has 0 heterocycles. The molecule has 0 saturated carbocycles. The third-order valence-electron chi connectivity index (χ3n) is 2.69. The topological polar surface area (TPSA) is 91.7 Å². The minimum atomic E-state index is -1.94. The van der Waals surface area contributed by atoms with Crippen LogP contribution >= 0.6 is 11.6 Å². The van der Waals surface area contributed by atoms with Crippen LogP contribution in [0.2, 0.25) is 5.02 Å². The highest BCUT2D eigenvalue weighted by molar-refractivity contribution is 7.85. The number of carboxylic acids is 2. The van der Waals surface area contributed by atoms with Crippen molar-refractivity contribution in [1.82, 2.24) is 0 Å². The SMILES string of the molecule is O=C(O)c1ccccc1S(=O)c1ccc(Cl)cc1C(=O)O. The lowest BCUT2D eigenvalue weighted by molar-refractivity contribution is 0.0683. The summed E-state index contributed by atoms with van der Waals surface area (Å²) in [5.74, 6) is -2.52. The molecular weight excluding hydrogens is 316 g/mol. The molecule has 1 atom stereocenters. The van der Waals surface area contributed by atoms with Crippen LogP contribution in [0.1, 0.15) is 20.7 Å². The van der Waals surface area contributed by atoms with E-state index in [1.54, 1.807) is 0 Å². The average Bonchev–Trinajstić information content (AvgIpc) is 2.46. The number of carbonyl (C=O) groups is 2. The Morgan fingerprint density at radius 2 is 1.48 bits per heavy atom. The molecule has 0 amide bonds. The molecule has 0 fully saturated rings. The fourth-order valence-corrected chi connectivity index (χ4v) is 3.26. The first-order valence-electron chi connectivity index (χ1n) is 5.68. The van der Waals surface area contributed by atoms with Crippen molar-refractivity contribution in [2.24, 2.45) is 0 Å². The van der Waals surface area contributed by atoms with Gasteiger partial charge < -0.3 is 10.2 Å². The van der Waals surface area contributed by atoms with E-state index >= 15 is 0 Å². The molecule has 0 aliphatic heterocycles. The van der Waals surface area contributed by atoms with E-state index in [4.69, 9.17) is 21.8 Å². The average molecular weight is 325 g/mol. The zero-order valence-corrected chi connectivity index (χ0v) is 12.0. The Hall–Kier alpha value is -2.18. The van der Waals surface area contributed by atoms with Gasteiger partial charge in [-0.15, -0.1) is 0 Å². The molecule has 0 aliphatic carbocycles. The van der Waals surface area contributed by atoms with Gasteiger partial charge in [0.1, 0.15) is 0 Å². The molecule has 0 spiro atoms. The smallest absolute Gasteiger partial charge is 0.336 e. The largest absolute Gasteiger partial charge is 0.478 e. The van der Waals surface area contributed by atoms with Crippen molar-refractivity contribution in [2.75, 3.05) is 0 Å². The van der Waals surface area contributed by atoms with E-state index in [9.17, 15) is 13.8 Å². The fraction of sp³-hybridized carbons (Fsp3) is 0. The first kappa shape index (κ1) is 15.2. The lowest BCUT2D eigenvalue weighted by atomic mass is 10.2. The second-order valence-corrected chi connectivity index (χ2v) is 5.87. The van der Waals surface area contributed by atoms with E-state index in [2.05, 4.69) is 0 Å². The van der Waals surface area contributed by atoms with Crippen LogP contribution in [0, 0.1) is 0 Å². The summed E-state index contributed by atoms with van der Waals surface area (Å²) < 4.78 is 12.5. The first-order valence-corrected chi connectivity index (χ1v) is 7.21. The van der Waals surface area contributed by atoms with Crippen LogP contribution in [0.15, 0.2) is 52.3 Å². The Bertz CT molecular complexity index is 757. The normalized spacial score (nSPS) is 11.9. The second kappa shape index (κ2) is 6.07. The maximum Gasteiger partial charge on any atom is 0.336 e. The van der Waals surface area contributed by atoms with Gasteiger partial charge >= 0.3 is 11.9 Å². The number of hydrogen-bond acceptors (Lipinski definition) is 3. The standard InChI is InChI=1S/C14H9ClO5S/c15-8-5-6-12(10(7-8)14(18)19)21(20)11-4-2-1-3-9(11)13(16)17/h1-7H,(H,16,17)(H,18,19). The highest BCUT2D eigenvalue weighted by Crippen LogP contribution is 2.25. The van der Waals surface area contributed by atoms with E-state index in [-0.39, 0.29) is 25.9 Å². The van der Waals surface area contributed by atoms with Gasteiger partial charge in [0.15, 0.2) is 0 Å². The molecule has 0 saturated heterocycles. The third kappa shape index (κ3) is 3.12. The van der Waals surface area contributed by atoms with E-state index in [0.717, 1.165) is 0 Å². The lowest BCUT2D eigenvalue weighted by Gasteiger charge is -2.09. The van der Waals surface area contributed by atoms with Gasteiger partial charge in [-0.05, 0) is 30.3 Å². The molecule has 108 valence electrons. The Balaban J connectivity index is 2.61. The number of carboxylic acid groups (broad SMARTS) is 2. The van der Waals surface area contributed by atoms with E-state index in [1.807, 2.05) is 0 Å². The van der Waals surface area contributed by atoms with E-state index in [0.29, 0.717) is 0 Å². The Morgan fingerprint density at radius 3 is 2.10 bits per heavy atom. The summed E-state index contributed by atoms with van der Waals surface area (Å²) in [6.45, 7) is 0. The van der Waals surface area contributed by atoms with Crippen LogP contribution in [0.25, 0.3) is 0 Å². The summed E-state index contributed by atoms with van der Waals surface area (Å²) in [7, 11) is -1.94. The number of benzene rings is 2. The number of rotatable bonds is 4. The molecule has 7 heteroatoms. The molecule has 1 unspecified atom stereocenters. The molecule has 0 aliphatic rings. The maximum atomic E-state index is 12.5. The molecular formula is C14H9ClO5S. The predicted molar refractivity (Wildman–Crippen MR) is 76.5 cm³/mol. The predicted octanol–water partition coefficient (Wildman–Crippen LogP) is 2.90. The number of hydrogen-bond donors (Lipinski definition) is 2. The van der Waals surface area contributed by atoms with E-state index in [1.165, 1.54) is 42.5 Å². The highest BCUT2D eigenvalue weighted by atomic mass is 35.5. The van der Waals surface area contributed by atoms with Crippen molar-refractivity contribution in [3.63, 3.8) is 0 Å². The highest BCUT2D eigenvalue weighted by Gasteiger charge is 2.21. The van der Waals surface area contributed by atoms with Crippen molar-refractivity contribution in [3.05, 3.63) is 58.6 Å². The van der Waals surface area contributed by atoms with Crippen LogP contribution in [-0.2, 0) is 10.8 Å². The molecule has 2 aromatic rings. The zero-order chi connectivity index (χ0) is 15.6. The zero-order valence-electron chi connectivity index (χ0n) is 10.4. The van der Waals surface area contributed by atoms with Gasteiger partial charge in [0.2, 0.25) is 0 Å². The monoisotopic (exact) mass is 324 g/mol. The van der Waals surface area contributed by atoms with Gasteiger partial charge in [0.05, 0.1) is 31.7 Å². The van der Waals surface area contributed by atoms with Crippen molar-refractivity contribution >= 4 is 34.3 Å². The lowest BCUT2D eigenvalue weighted by Crippen LogP contribution is -2.08. The van der Waals surface area contributed by atoms with Crippen LogP contribution in [-0.4, -0.2) is 26.4 Å². The molecule has 0 bridgehead atoms. The quantitative estimate of drug-likeness (QED) is 0.902.